The van der Waals surface area contributed by atoms with E-state index in [4.69, 9.17) is 4.55 Å². The zero-order chi connectivity index (χ0) is 21.1. The van der Waals surface area contributed by atoms with Crippen molar-refractivity contribution in [3.8, 4) is 0 Å². The Morgan fingerprint density at radius 1 is 0.867 bits per heavy atom. The molecule has 0 radical (unpaired) electrons. The number of nitrogens with zero attached hydrogens (tertiary/aromatic N) is 1. The van der Waals surface area contributed by atoms with Gasteiger partial charge in [0.2, 0.25) is 0 Å². The normalized spacial score (nSPS) is 13.0. The van der Waals surface area contributed by atoms with E-state index in [1.54, 1.807) is 11.8 Å². The Balaban J connectivity index is 1.78. The smallest absolute Gasteiger partial charge is 0.264 e. The highest BCUT2D eigenvalue weighted by Gasteiger charge is 2.28. The minimum atomic E-state index is -3.92. The van der Waals surface area contributed by atoms with E-state index in [1.807, 2.05) is 30.3 Å². The van der Waals surface area contributed by atoms with Crippen LogP contribution in [-0.4, -0.2) is 24.5 Å². The molecular weight excluding hydrogens is 414 g/mol. The lowest BCUT2D eigenvalue weighted by molar-refractivity contribution is 0.482. The summed E-state index contributed by atoms with van der Waals surface area (Å²) in [5.74, 6) is 0.416. The van der Waals surface area contributed by atoms with Crippen molar-refractivity contribution < 1.29 is 13.0 Å². The molecule has 6 heteroatoms. The molecule has 0 aromatic heterocycles. The number of benzene rings is 3. The molecule has 30 heavy (non-hydrogen) atoms. The van der Waals surface area contributed by atoms with Crippen LogP contribution in [0.15, 0.2) is 83.8 Å². The molecule has 0 bridgehead atoms. The van der Waals surface area contributed by atoms with Gasteiger partial charge in [-0.3, -0.25) is 4.55 Å². The number of allylic oxidation sites excluding steroid dienone is 1. The zero-order valence-electron chi connectivity index (χ0n) is 16.7. The molecule has 3 aromatic rings. The molecule has 0 unspecified atom stereocenters. The van der Waals surface area contributed by atoms with E-state index in [9.17, 15) is 8.42 Å². The van der Waals surface area contributed by atoms with Gasteiger partial charge in [-0.05, 0) is 48.3 Å². The first-order valence-electron chi connectivity index (χ1n) is 9.78. The minimum Gasteiger partial charge on any atom is -0.309 e. The predicted octanol–water partition coefficient (Wildman–Crippen LogP) is 6.26. The highest BCUT2D eigenvalue weighted by molar-refractivity contribution is 8.03. The number of para-hydroxylation sites is 3. The topological polar surface area (TPSA) is 57.6 Å². The predicted molar refractivity (Wildman–Crippen MR) is 126 cm³/mol. The van der Waals surface area contributed by atoms with Crippen LogP contribution in [0.1, 0.15) is 24.5 Å². The first kappa shape index (κ1) is 20.7. The Bertz CT molecular complexity index is 1140. The van der Waals surface area contributed by atoms with Crippen molar-refractivity contribution in [2.75, 3.05) is 16.4 Å². The fourth-order valence-corrected chi connectivity index (χ4v) is 5.46. The third kappa shape index (κ3) is 4.31. The maximum atomic E-state index is 11.0. The maximum absolute atomic E-state index is 11.0. The average Bonchev–Trinajstić information content (AvgIpc) is 2.74. The Kier molecular flexibility index (Phi) is 5.99. The molecule has 1 aliphatic rings. The molecule has 1 aliphatic heterocycles. The van der Waals surface area contributed by atoms with Crippen molar-refractivity contribution in [2.24, 2.45) is 0 Å². The van der Waals surface area contributed by atoms with Gasteiger partial charge in [-0.15, -0.1) is 11.8 Å². The molecule has 0 amide bonds. The average molecular weight is 438 g/mol. The highest BCUT2D eigenvalue weighted by atomic mass is 32.2. The van der Waals surface area contributed by atoms with Crippen LogP contribution in [0, 0.1) is 0 Å². The Hall–Kier alpha value is -2.54. The van der Waals surface area contributed by atoms with E-state index in [2.05, 4.69) is 60.4 Å². The fraction of sp³-hybridized carbons (Fsp3) is 0.167. The minimum absolute atomic E-state index is 0.211. The molecule has 154 valence electrons. The number of thioether (sulfide) groups is 1. The van der Waals surface area contributed by atoms with Crippen molar-refractivity contribution in [3.63, 3.8) is 0 Å². The second-order valence-corrected chi connectivity index (χ2v) is 10.0. The number of hydrogen-bond acceptors (Lipinski definition) is 4. The van der Waals surface area contributed by atoms with Crippen molar-refractivity contribution in [1.82, 2.24) is 0 Å². The Morgan fingerprint density at radius 3 is 1.97 bits per heavy atom. The van der Waals surface area contributed by atoms with Crippen LogP contribution < -0.4 is 4.90 Å². The first-order valence-corrected chi connectivity index (χ1v) is 12.4. The number of hydrogen-bond donors (Lipinski definition) is 1. The van der Waals surface area contributed by atoms with Gasteiger partial charge in [0.05, 0.1) is 17.1 Å². The Morgan fingerprint density at radius 2 is 1.40 bits per heavy atom. The summed E-state index contributed by atoms with van der Waals surface area (Å²) in [6.45, 7) is 2.08. The van der Waals surface area contributed by atoms with E-state index in [0.29, 0.717) is 12.2 Å². The van der Waals surface area contributed by atoms with Crippen molar-refractivity contribution in [3.05, 3.63) is 94.9 Å². The summed E-state index contributed by atoms with van der Waals surface area (Å²) in [6.07, 6.45) is 0.410. The van der Waals surface area contributed by atoms with E-state index in [1.165, 1.54) is 5.57 Å². The van der Waals surface area contributed by atoms with Gasteiger partial charge in [-0.25, -0.2) is 0 Å². The van der Waals surface area contributed by atoms with Gasteiger partial charge < -0.3 is 4.90 Å². The van der Waals surface area contributed by atoms with Gasteiger partial charge >= 0.3 is 0 Å². The largest absolute Gasteiger partial charge is 0.309 e. The van der Waals surface area contributed by atoms with Gasteiger partial charge in [0.15, 0.2) is 0 Å². The van der Waals surface area contributed by atoms with Gasteiger partial charge in [0.25, 0.3) is 10.1 Å². The van der Waals surface area contributed by atoms with Gasteiger partial charge in [-0.2, -0.15) is 8.42 Å². The van der Waals surface area contributed by atoms with Crippen LogP contribution in [0.2, 0.25) is 0 Å². The van der Waals surface area contributed by atoms with Crippen LogP contribution in [0.25, 0.3) is 5.57 Å². The molecule has 0 aliphatic carbocycles. The van der Waals surface area contributed by atoms with E-state index >= 15 is 0 Å². The zero-order valence-corrected chi connectivity index (χ0v) is 18.3. The van der Waals surface area contributed by atoms with Gasteiger partial charge in [0.1, 0.15) is 0 Å². The quantitative estimate of drug-likeness (QED) is 0.285. The number of rotatable bonds is 6. The molecule has 3 aromatic carbocycles. The molecule has 0 saturated heterocycles. The third-order valence-corrected chi connectivity index (χ3v) is 6.99. The van der Waals surface area contributed by atoms with Crippen molar-refractivity contribution >= 4 is 44.5 Å². The summed E-state index contributed by atoms with van der Waals surface area (Å²) in [7, 11) is -3.92. The second kappa shape index (κ2) is 8.68. The molecular formula is C24H23NO3S2. The molecule has 1 heterocycles. The molecule has 4 nitrogen and oxygen atoms in total. The van der Waals surface area contributed by atoms with E-state index in [0.717, 1.165) is 33.1 Å². The maximum Gasteiger partial charge on any atom is 0.264 e. The molecule has 1 N–H and O–H groups in total. The van der Waals surface area contributed by atoms with Crippen LogP contribution in [-0.2, 0) is 10.1 Å². The molecule has 4 rings (SSSR count). The summed E-state index contributed by atoms with van der Waals surface area (Å²) < 4.78 is 31.0. The lowest BCUT2D eigenvalue weighted by atomic mass is 9.89. The molecule has 0 atom stereocenters. The van der Waals surface area contributed by atoms with Gasteiger partial charge in [-0.1, -0.05) is 54.6 Å². The Labute approximate surface area is 182 Å². The molecule has 0 saturated carbocycles. The first-order chi connectivity index (χ1) is 14.5. The summed E-state index contributed by atoms with van der Waals surface area (Å²) in [6, 6.07) is 27.1. The summed E-state index contributed by atoms with van der Waals surface area (Å²) in [5.41, 5.74) is 6.82. The van der Waals surface area contributed by atoms with Crippen LogP contribution in [0.3, 0.4) is 0 Å². The van der Waals surface area contributed by atoms with Crippen LogP contribution in [0.4, 0.5) is 17.1 Å². The number of fused-ring (bicyclic) bond motifs is 2. The third-order valence-electron chi connectivity index (χ3n) is 5.06. The van der Waals surface area contributed by atoms with Gasteiger partial charge in [0, 0.05) is 22.4 Å². The SMILES string of the molecule is CC(SCCCS(=O)(=O)O)=C1c2ccccc2N(c2ccccc2)c2ccccc21. The summed E-state index contributed by atoms with van der Waals surface area (Å²) in [4.78, 5) is 3.42. The fourth-order valence-electron chi connectivity index (χ4n) is 3.81. The molecule has 0 spiro atoms. The highest BCUT2D eigenvalue weighted by Crippen LogP contribution is 2.50. The standard InChI is InChI=1S/C24H23NO3S2/c1-18(29-16-9-17-30(26,27)28)24-20-12-5-7-14-22(20)25(19-10-3-2-4-11-19)23-15-8-6-13-21(23)24/h2-8,10-15H,9,16-17H2,1H3,(H,26,27,28). The second-order valence-electron chi connectivity index (χ2n) is 7.12. The van der Waals surface area contributed by atoms with Crippen LogP contribution >= 0.6 is 11.8 Å². The van der Waals surface area contributed by atoms with Crippen molar-refractivity contribution in [1.29, 1.82) is 0 Å². The van der Waals surface area contributed by atoms with E-state index in [-0.39, 0.29) is 5.75 Å². The summed E-state index contributed by atoms with van der Waals surface area (Å²) in [5, 5.41) is 0. The number of anilines is 3. The lowest BCUT2D eigenvalue weighted by Crippen LogP contribution is -2.18. The lowest BCUT2D eigenvalue weighted by Gasteiger charge is -2.35. The monoisotopic (exact) mass is 437 g/mol. The molecule has 0 fully saturated rings. The van der Waals surface area contributed by atoms with E-state index < -0.39 is 10.1 Å². The van der Waals surface area contributed by atoms with Crippen LogP contribution in [0.5, 0.6) is 0 Å². The summed E-state index contributed by atoms with van der Waals surface area (Å²) >= 11 is 1.63. The van der Waals surface area contributed by atoms with Crippen molar-refractivity contribution in [2.45, 2.75) is 13.3 Å².